The summed E-state index contributed by atoms with van der Waals surface area (Å²) in [7, 11) is 1.44. The predicted octanol–water partition coefficient (Wildman–Crippen LogP) is 5.45. The Morgan fingerprint density at radius 1 is 1.23 bits per heavy atom. The van der Waals surface area contributed by atoms with Gasteiger partial charge in [-0.2, -0.15) is 0 Å². The third kappa shape index (κ3) is 4.22. The van der Waals surface area contributed by atoms with Gasteiger partial charge in [-0.1, -0.05) is 29.8 Å². The molecule has 30 heavy (non-hydrogen) atoms. The number of halogens is 1. The number of hydrogen-bond acceptors (Lipinski definition) is 6. The van der Waals surface area contributed by atoms with Gasteiger partial charge in [0.15, 0.2) is 16.7 Å². The van der Waals surface area contributed by atoms with Crippen molar-refractivity contribution >= 4 is 46.2 Å². The number of ether oxygens (including phenoxy) is 1. The third-order valence-corrected chi connectivity index (χ3v) is 5.56. The van der Waals surface area contributed by atoms with E-state index >= 15 is 0 Å². The molecule has 0 bridgehead atoms. The highest BCUT2D eigenvalue weighted by Gasteiger charge is 2.34. The van der Waals surface area contributed by atoms with Crippen LogP contribution in [0.25, 0.3) is 6.08 Å². The summed E-state index contributed by atoms with van der Waals surface area (Å²) in [6.45, 7) is 0.243. The quantitative estimate of drug-likeness (QED) is 0.534. The monoisotopic (exact) mass is 440 g/mol. The van der Waals surface area contributed by atoms with Crippen LogP contribution in [0.3, 0.4) is 0 Å². The van der Waals surface area contributed by atoms with Crippen molar-refractivity contribution in [2.75, 3.05) is 7.11 Å². The molecule has 6 nitrogen and oxygen atoms in total. The van der Waals surface area contributed by atoms with Crippen LogP contribution < -0.4 is 4.74 Å². The molecule has 152 valence electrons. The number of carbonyl (C=O) groups excluding carboxylic acids is 1. The highest BCUT2D eigenvalue weighted by atomic mass is 35.5. The van der Waals surface area contributed by atoms with Gasteiger partial charge in [0, 0.05) is 16.7 Å². The summed E-state index contributed by atoms with van der Waals surface area (Å²) in [6.07, 6.45) is 3.14. The largest absolute Gasteiger partial charge is 0.504 e. The lowest BCUT2D eigenvalue weighted by atomic mass is 10.1. The first-order valence-corrected chi connectivity index (χ1v) is 10.2. The number of para-hydroxylation sites is 1. The Kier molecular flexibility index (Phi) is 5.83. The molecule has 1 aromatic heterocycles. The molecule has 2 aromatic carbocycles. The first kappa shape index (κ1) is 20.1. The highest BCUT2D eigenvalue weighted by molar-refractivity contribution is 8.18. The summed E-state index contributed by atoms with van der Waals surface area (Å²) in [5.41, 5.74) is 1.11. The molecular weight excluding hydrogens is 424 g/mol. The van der Waals surface area contributed by atoms with Gasteiger partial charge in [0.1, 0.15) is 5.76 Å². The fourth-order valence-electron chi connectivity index (χ4n) is 2.90. The molecule has 0 saturated carbocycles. The summed E-state index contributed by atoms with van der Waals surface area (Å²) in [5, 5.41) is 11.3. The number of hydrogen-bond donors (Lipinski definition) is 1. The number of phenols is 1. The maximum Gasteiger partial charge on any atom is 0.267 e. The van der Waals surface area contributed by atoms with E-state index in [1.165, 1.54) is 24.9 Å². The van der Waals surface area contributed by atoms with Crippen LogP contribution in [-0.4, -0.2) is 28.2 Å². The molecule has 1 aliphatic heterocycles. The second-order valence-corrected chi connectivity index (χ2v) is 7.80. The van der Waals surface area contributed by atoms with Crippen molar-refractivity contribution in [1.29, 1.82) is 0 Å². The normalized spacial score (nSPS) is 16.6. The second-order valence-electron chi connectivity index (χ2n) is 6.36. The lowest BCUT2D eigenvalue weighted by molar-refractivity contribution is -0.122. The number of amidine groups is 1. The van der Waals surface area contributed by atoms with Crippen molar-refractivity contribution in [2.45, 2.75) is 6.54 Å². The molecular formula is C22H17ClN2O4S. The molecule has 1 aliphatic rings. The smallest absolute Gasteiger partial charge is 0.267 e. The molecule has 1 amide bonds. The van der Waals surface area contributed by atoms with E-state index < -0.39 is 0 Å². The molecule has 1 fully saturated rings. The van der Waals surface area contributed by atoms with Crippen molar-refractivity contribution < 1.29 is 19.1 Å². The average Bonchev–Trinajstić information content (AvgIpc) is 3.35. The van der Waals surface area contributed by atoms with Crippen LogP contribution in [-0.2, 0) is 11.3 Å². The SMILES string of the molecule is COc1cc(Cl)cc(/C=C2\SC(=Nc3ccccc3)N(Cc3ccco3)C2=O)c1O. The van der Waals surface area contributed by atoms with Crippen molar-refractivity contribution in [3.05, 3.63) is 82.1 Å². The molecule has 3 aromatic rings. The molecule has 0 atom stereocenters. The summed E-state index contributed by atoms with van der Waals surface area (Å²) < 4.78 is 10.6. The minimum Gasteiger partial charge on any atom is -0.504 e. The highest BCUT2D eigenvalue weighted by Crippen LogP contribution is 2.39. The fraction of sp³-hybridized carbons (Fsp3) is 0.0909. The number of thioether (sulfide) groups is 1. The number of aromatic hydroxyl groups is 1. The van der Waals surface area contributed by atoms with Crippen LogP contribution in [0.15, 0.2) is 75.2 Å². The van der Waals surface area contributed by atoms with E-state index in [0.29, 0.717) is 26.4 Å². The zero-order valence-corrected chi connectivity index (χ0v) is 17.5. The first-order valence-electron chi connectivity index (χ1n) is 8.99. The minimum atomic E-state index is -0.246. The van der Waals surface area contributed by atoms with Crippen LogP contribution in [0.4, 0.5) is 5.69 Å². The molecule has 1 N–H and O–H groups in total. The van der Waals surface area contributed by atoms with Gasteiger partial charge >= 0.3 is 0 Å². The molecule has 0 unspecified atom stereocenters. The van der Waals surface area contributed by atoms with E-state index in [2.05, 4.69) is 4.99 Å². The Morgan fingerprint density at radius 2 is 2.03 bits per heavy atom. The maximum atomic E-state index is 13.2. The molecule has 2 heterocycles. The maximum absolute atomic E-state index is 13.2. The van der Waals surface area contributed by atoms with Gasteiger partial charge in [0.25, 0.3) is 5.91 Å². The van der Waals surface area contributed by atoms with Gasteiger partial charge in [-0.25, -0.2) is 4.99 Å². The molecule has 0 radical (unpaired) electrons. The van der Waals surface area contributed by atoms with Crippen LogP contribution in [0.1, 0.15) is 11.3 Å². The number of benzene rings is 2. The van der Waals surface area contributed by atoms with E-state index in [1.807, 2.05) is 30.3 Å². The molecule has 0 spiro atoms. The first-order chi connectivity index (χ1) is 14.5. The molecule has 4 rings (SSSR count). The molecule has 1 saturated heterocycles. The Balaban J connectivity index is 1.74. The number of methoxy groups -OCH3 is 1. The Hall–Kier alpha value is -3.16. The second kappa shape index (κ2) is 8.69. The summed E-state index contributed by atoms with van der Waals surface area (Å²) in [4.78, 5) is 19.7. The van der Waals surface area contributed by atoms with E-state index in [1.54, 1.807) is 35.4 Å². The summed E-state index contributed by atoms with van der Waals surface area (Å²) >= 11 is 7.34. The standard InChI is InChI=1S/C22H17ClN2O4S/c1-28-18-12-15(23)10-14(20(18)26)11-19-21(27)25(13-17-8-5-9-29-17)22(30-19)24-16-6-3-2-4-7-16/h2-12,26H,13H2,1H3/b19-11-,24-22?. The fourth-order valence-corrected chi connectivity index (χ4v) is 4.11. The van der Waals surface area contributed by atoms with Crippen LogP contribution in [0.2, 0.25) is 5.02 Å². The van der Waals surface area contributed by atoms with Gasteiger partial charge < -0.3 is 14.3 Å². The number of aliphatic imine (C=N–C) groups is 1. The van der Waals surface area contributed by atoms with Gasteiger partial charge in [0.05, 0.1) is 30.5 Å². The zero-order valence-electron chi connectivity index (χ0n) is 15.9. The van der Waals surface area contributed by atoms with E-state index in [4.69, 9.17) is 20.8 Å². The van der Waals surface area contributed by atoms with Gasteiger partial charge in [-0.3, -0.25) is 9.69 Å². The van der Waals surface area contributed by atoms with Crippen molar-refractivity contribution in [2.24, 2.45) is 4.99 Å². The minimum absolute atomic E-state index is 0.0890. The third-order valence-electron chi connectivity index (χ3n) is 4.34. The van der Waals surface area contributed by atoms with Crippen molar-refractivity contribution in [1.82, 2.24) is 4.90 Å². The summed E-state index contributed by atoms with van der Waals surface area (Å²) in [6, 6.07) is 16.0. The number of furan rings is 1. The Bertz CT molecular complexity index is 1130. The predicted molar refractivity (Wildman–Crippen MR) is 118 cm³/mol. The van der Waals surface area contributed by atoms with Crippen LogP contribution in [0.5, 0.6) is 11.5 Å². The van der Waals surface area contributed by atoms with E-state index in [9.17, 15) is 9.90 Å². The topological polar surface area (TPSA) is 75.3 Å². The number of amides is 1. The van der Waals surface area contributed by atoms with Crippen molar-refractivity contribution in [3.63, 3.8) is 0 Å². The number of phenolic OH excluding ortho intramolecular Hbond substituents is 1. The Morgan fingerprint density at radius 3 is 2.73 bits per heavy atom. The molecule has 0 aliphatic carbocycles. The summed E-state index contributed by atoms with van der Waals surface area (Å²) in [5.74, 6) is 0.534. The number of rotatable bonds is 5. The van der Waals surface area contributed by atoms with E-state index in [0.717, 1.165) is 5.69 Å². The van der Waals surface area contributed by atoms with Crippen LogP contribution in [0, 0.1) is 0 Å². The lowest BCUT2D eigenvalue weighted by Gasteiger charge is -2.13. The van der Waals surface area contributed by atoms with Crippen LogP contribution >= 0.6 is 23.4 Å². The average molecular weight is 441 g/mol. The van der Waals surface area contributed by atoms with E-state index in [-0.39, 0.29) is 24.0 Å². The molecule has 8 heteroatoms. The van der Waals surface area contributed by atoms with Gasteiger partial charge in [0.2, 0.25) is 0 Å². The number of carbonyl (C=O) groups is 1. The van der Waals surface area contributed by atoms with Gasteiger partial charge in [-0.05, 0) is 48.2 Å². The lowest BCUT2D eigenvalue weighted by Crippen LogP contribution is -2.28. The zero-order chi connectivity index (χ0) is 21.1. The Labute approximate surface area is 182 Å². The number of nitrogens with zero attached hydrogens (tertiary/aromatic N) is 2. The van der Waals surface area contributed by atoms with Crippen molar-refractivity contribution in [3.8, 4) is 11.5 Å². The van der Waals surface area contributed by atoms with Gasteiger partial charge in [-0.15, -0.1) is 0 Å².